The first kappa shape index (κ1) is 13.2. The minimum Gasteiger partial charge on any atom is -0.390 e. The SMILES string of the molecule is CCCC(O)(CCC)Cc1cccc(F)c1. The summed E-state index contributed by atoms with van der Waals surface area (Å²) in [6.07, 6.45) is 4.00. The Morgan fingerprint density at radius 3 is 2.31 bits per heavy atom. The first-order valence-electron chi connectivity index (χ1n) is 6.06. The highest BCUT2D eigenvalue weighted by Crippen LogP contribution is 2.24. The molecule has 0 atom stereocenters. The van der Waals surface area contributed by atoms with Gasteiger partial charge in [-0.25, -0.2) is 4.39 Å². The quantitative estimate of drug-likeness (QED) is 0.781. The average molecular weight is 224 g/mol. The summed E-state index contributed by atoms with van der Waals surface area (Å²) in [6.45, 7) is 4.12. The van der Waals surface area contributed by atoms with Crippen LogP contribution in [-0.4, -0.2) is 10.7 Å². The van der Waals surface area contributed by atoms with E-state index in [1.807, 2.05) is 6.07 Å². The maximum atomic E-state index is 13.0. The Morgan fingerprint density at radius 1 is 1.19 bits per heavy atom. The third-order valence-corrected chi connectivity index (χ3v) is 2.85. The van der Waals surface area contributed by atoms with Crippen molar-refractivity contribution >= 4 is 0 Å². The summed E-state index contributed by atoms with van der Waals surface area (Å²) < 4.78 is 13.0. The Hall–Kier alpha value is -0.890. The van der Waals surface area contributed by atoms with Crippen molar-refractivity contribution in [3.63, 3.8) is 0 Å². The van der Waals surface area contributed by atoms with Crippen LogP contribution in [0.1, 0.15) is 45.1 Å². The monoisotopic (exact) mass is 224 g/mol. The minimum absolute atomic E-state index is 0.229. The molecule has 0 aliphatic carbocycles. The molecular weight excluding hydrogens is 203 g/mol. The molecule has 1 aromatic carbocycles. The molecule has 0 aliphatic heterocycles. The van der Waals surface area contributed by atoms with Gasteiger partial charge in [-0.1, -0.05) is 38.8 Å². The molecule has 90 valence electrons. The minimum atomic E-state index is -0.669. The maximum absolute atomic E-state index is 13.0. The van der Waals surface area contributed by atoms with Crippen molar-refractivity contribution in [2.24, 2.45) is 0 Å². The molecule has 0 heterocycles. The van der Waals surface area contributed by atoms with Gasteiger partial charge in [-0.3, -0.25) is 0 Å². The van der Waals surface area contributed by atoms with Crippen molar-refractivity contribution in [2.45, 2.75) is 51.6 Å². The lowest BCUT2D eigenvalue weighted by molar-refractivity contribution is 0.0216. The molecule has 16 heavy (non-hydrogen) atoms. The normalized spacial score (nSPS) is 11.8. The number of halogens is 1. The molecule has 0 radical (unpaired) electrons. The average Bonchev–Trinajstić information content (AvgIpc) is 2.17. The van der Waals surface area contributed by atoms with Crippen LogP contribution in [0.5, 0.6) is 0 Å². The fourth-order valence-electron chi connectivity index (χ4n) is 2.26. The van der Waals surface area contributed by atoms with E-state index >= 15 is 0 Å². The molecular formula is C14H21FO. The van der Waals surface area contributed by atoms with Crippen LogP contribution >= 0.6 is 0 Å². The van der Waals surface area contributed by atoms with E-state index in [0.29, 0.717) is 6.42 Å². The number of aliphatic hydroxyl groups is 1. The molecule has 1 rings (SSSR count). The molecule has 0 bridgehead atoms. The first-order chi connectivity index (χ1) is 7.59. The van der Waals surface area contributed by atoms with Crippen LogP contribution in [0.25, 0.3) is 0 Å². The van der Waals surface area contributed by atoms with Crippen LogP contribution in [0.15, 0.2) is 24.3 Å². The van der Waals surface area contributed by atoms with Crippen LogP contribution in [0.3, 0.4) is 0 Å². The van der Waals surface area contributed by atoms with E-state index < -0.39 is 5.60 Å². The van der Waals surface area contributed by atoms with Gasteiger partial charge in [-0.2, -0.15) is 0 Å². The predicted molar refractivity (Wildman–Crippen MR) is 64.9 cm³/mol. The summed E-state index contributed by atoms with van der Waals surface area (Å²) in [5.74, 6) is -0.229. The molecule has 2 heteroatoms. The van der Waals surface area contributed by atoms with E-state index in [2.05, 4.69) is 13.8 Å². The number of rotatable bonds is 6. The molecule has 0 unspecified atom stereocenters. The summed E-state index contributed by atoms with van der Waals surface area (Å²) in [4.78, 5) is 0. The van der Waals surface area contributed by atoms with Gasteiger partial charge >= 0.3 is 0 Å². The van der Waals surface area contributed by atoms with Gasteiger partial charge < -0.3 is 5.11 Å². The smallest absolute Gasteiger partial charge is 0.123 e. The largest absolute Gasteiger partial charge is 0.390 e. The molecule has 0 aliphatic rings. The zero-order valence-electron chi connectivity index (χ0n) is 10.2. The van der Waals surface area contributed by atoms with Crippen LogP contribution in [-0.2, 0) is 6.42 Å². The number of benzene rings is 1. The lowest BCUT2D eigenvalue weighted by atomic mass is 9.86. The topological polar surface area (TPSA) is 20.2 Å². The molecule has 0 aromatic heterocycles. The van der Waals surface area contributed by atoms with Crippen LogP contribution in [0.2, 0.25) is 0 Å². The highest BCUT2D eigenvalue weighted by atomic mass is 19.1. The molecule has 0 fully saturated rings. The number of hydrogen-bond donors (Lipinski definition) is 1. The summed E-state index contributed by atoms with van der Waals surface area (Å²) in [7, 11) is 0. The first-order valence-corrected chi connectivity index (χ1v) is 6.06. The predicted octanol–water partition coefficient (Wildman–Crippen LogP) is 3.70. The second kappa shape index (κ2) is 6.00. The molecule has 0 saturated carbocycles. The van der Waals surface area contributed by atoms with Gasteiger partial charge in [0, 0.05) is 6.42 Å². The molecule has 1 aromatic rings. The highest BCUT2D eigenvalue weighted by Gasteiger charge is 2.25. The van der Waals surface area contributed by atoms with Gasteiger partial charge in [0.1, 0.15) is 5.82 Å². The zero-order chi connectivity index (χ0) is 12.0. The molecule has 0 saturated heterocycles. The zero-order valence-corrected chi connectivity index (χ0v) is 10.2. The third-order valence-electron chi connectivity index (χ3n) is 2.85. The summed E-state index contributed by atoms with van der Waals surface area (Å²) in [6, 6.07) is 6.51. The number of hydrogen-bond acceptors (Lipinski definition) is 1. The van der Waals surface area contributed by atoms with E-state index in [9.17, 15) is 9.50 Å². The lowest BCUT2D eigenvalue weighted by Crippen LogP contribution is -2.31. The van der Waals surface area contributed by atoms with E-state index in [4.69, 9.17) is 0 Å². The Balaban J connectivity index is 2.74. The summed E-state index contributed by atoms with van der Waals surface area (Å²) in [5.41, 5.74) is 0.210. The van der Waals surface area contributed by atoms with Crippen LogP contribution < -0.4 is 0 Å². The van der Waals surface area contributed by atoms with Crippen molar-refractivity contribution in [3.05, 3.63) is 35.6 Å². The molecule has 0 amide bonds. The Kier molecular flexibility index (Phi) is 4.94. The van der Waals surface area contributed by atoms with Gasteiger partial charge in [0.05, 0.1) is 5.60 Å². The van der Waals surface area contributed by atoms with Gasteiger partial charge in [0.2, 0.25) is 0 Å². The highest BCUT2D eigenvalue weighted by molar-refractivity contribution is 5.18. The fraction of sp³-hybridized carbons (Fsp3) is 0.571. The van der Waals surface area contributed by atoms with Gasteiger partial charge in [0.25, 0.3) is 0 Å². The van der Waals surface area contributed by atoms with Crippen LogP contribution in [0.4, 0.5) is 4.39 Å². The van der Waals surface area contributed by atoms with Gasteiger partial charge in [-0.15, -0.1) is 0 Å². The fourth-order valence-corrected chi connectivity index (χ4v) is 2.26. The lowest BCUT2D eigenvalue weighted by Gasteiger charge is -2.27. The second-order valence-electron chi connectivity index (χ2n) is 4.53. The maximum Gasteiger partial charge on any atom is 0.123 e. The molecule has 1 N–H and O–H groups in total. The summed E-state index contributed by atoms with van der Waals surface area (Å²) >= 11 is 0. The van der Waals surface area contributed by atoms with E-state index in [1.54, 1.807) is 6.07 Å². The van der Waals surface area contributed by atoms with Crippen LogP contribution in [0, 0.1) is 5.82 Å². The van der Waals surface area contributed by atoms with E-state index in [1.165, 1.54) is 12.1 Å². The Morgan fingerprint density at radius 2 is 1.81 bits per heavy atom. The van der Waals surface area contributed by atoms with E-state index in [0.717, 1.165) is 31.2 Å². The van der Waals surface area contributed by atoms with Crippen molar-refractivity contribution < 1.29 is 9.50 Å². The molecule has 1 nitrogen and oxygen atoms in total. The van der Waals surface area contributed by atoms with E-state index in [-0.39, 0.29) is 5.82 Å². The van der Waals surface area contributed by atoms with Crippen molar-refractivity contribution in [3.8, 4) is 0 Å². The van der Waals surface area contributed by atoms with Gasteiger partial charge in [-0.05, 0) is 30.5 Å². The van der Waals surface area contributed by atoms with Crippen molar-refractivity contribution in [1.29, 1.82) is 0 Å². The third kappa shape index (κ3) is 3.93. The Labute approximate surface area is 97.3 Å². The van der Waals surface area contributed by atoms with Crippen molar-refractivity contribution in [1.82, 2.24) is 0 Å². The standard InChI is InChI=1S/C14H21FO/c1-3-8-14(16,9-4-2)11-12-6-5-7-13(15)10-12/h5-7,10,16H,3-4,8-9,11H2,1-2H3. The Bertz CT molecular complexity index is 316. The molecule has 0 spiro atoms. The van der Waals surface area contributed by atoms with Crippen molar-refractivity contribution in [2.75, 3.05) is 0 Å². The van der Waals surface area contributed by atoms with Gasteiger partial charge in [0.15, 0.2) is 0 Å². The summed E-state index contributed by atoms with van der Waals surface area (Å²) in [5, 5.41) is 10.4. The second-order valence-corrected chi connectivity index (χ2v) is 4.53.